The predicted molar refractivity (Wildman–Crippen MR) is 80.9 cm³/mol. The molecule has 8 heteroatoms. The highest BCUT2D eigenvalue weighted by Gasteiger charge is 2.30. The fraction of sp³-hybridized carbons (Fsp3) is 0.188. The highest BCUT2D eigenvalue weighted by Crippen LogP contribution is 2.25. The number of para-hydroxylation sites is 1. The first-order chi connectivity index (χ1) is 11.4. The maximum absolute atomic E-state index is 13.9. The lowest BCUT2D eigenvalue weighted by Crippen LogP contribution is -2.15. The summed E-state index contributed by atoms with van der Waals surface area (Å²) in [6, 6.07) is 6.28. The first-order valence-electron chi connectivity index (χ1n) is 7.01. The monoisotopic (exact) mass is 332 g/mol. The number of benzene rings is 1. The van der Waals surface area contributed by atoms with E-state index in [9.17, 15) is 19.1 Å². The summed E-state index contributed by atoms with van der Waals surface area (Å²) in [7, 11) is 0. The molecule has 124 valence electrons. The highest BCUT2D eigenvalue weighted by molar-refractivity contribution is 6.10. The Morgan fingerprint density at radius 1 is 1.42 bits per heavy atom. The molecule has 2 aromatic rings. The van der Waals surface area contributed by atoms with Crippen molar-refractivity contribution in [2.75, 3.05) is 0 Å². The van der Waals surface area contributed by atoms with Gasteiger partial charge in [-0.1, -0.05) is 12.1 Å². The number of ether oxygens (including phenoxy) is 2. The van der Waals surface area contributed by atoms with Crippen molar-refractivity contribution in [2.45, 2.75) is 20.1 Å². The fourth-order valence-electron chi connectivity index (χ4n) is 2.27. The zero-order valence-electron chi connectivity index (χ0n) is 12.8. The Hall–Kier alpha value is -3.16. The summed E-state index contributed by atoms with van der Waals surface area (Å²) in [5, 5.41) is 13.2. The molecule has 0 spiro atoms. The van der Waals surface area contributed by atoms with Gasteiger partial charge in [-0.05, 0) is 26.0 Å². The van der Waals surface area contributed by atoms with Crippen LogP contribution in [0.25, 0.3) is 16.6 Å². The molecule has 0 radical (unpaired) electrons. The highest BCUT2D eigenvalue weighted by atomic mass is 19.1. The van der Waals surface area contributed by atoms with E-state index in [0.717, 1.165) is 10.9 Å². The van der Waals surface area contributed by atoms with Crippen LogP contribution in [0.15, 0.2) is 41.7 Å². The van der Waals surface area contributed by atoms with Crippen LogP contribution in [-0.4, -0.2) is 33.1 Å². The molecule has 1 aromatic heterocycles. The molecule has 3 rings (SSSR count). The minimum absolute atomic E-state index is 0.184. The minimum Gasteiger partial charge on any atom is -0.476 e. The maximum atomic E-state index is 13.9. The molecule has 7 nitrogen and oxygen atoms in total. The largest absolute Gasteiger partial charge is 0.476 e. The zero-order valence-corrected chi connectivity index (χ0v) is 12.8. The van der Waals surface area contributed by atoms with Crippen LogP contribution in [0.4, 0.5) is 4.39 Å². The van der Waals surface area contributed by atoms with Crippen molar-refractivity contribution >= 4 is 28.5 Å². The number of cyclic esters (lactones) is 1. The summed E-state index contributed by atoms with van der Waals surface area (Å²) in [4.78, 5) is 23.0. The number of esters is 1. The molecule has 2 heterocycles. The van der Waals surface area contributed by atoms with Gasteiger partial charge in [-0.2, -0.15) is 4.39 Å². The SMILES string of the molecule is CC1=C(C)C(O/C=C(/C(=O)O)n2nc(F)c3ccccc32)OC1=O. The molecule has 0 saturated heterocycles. The Bertz CT molecular complexity index is 912. The van der Waals surface area contributed by atoms with Crippen molar-refractivity contribution in [2.24, 2.45) is 0 Å². The Morgan fingerprint density at radius 2 is 2.12 bits per heavy atom. The lowest BCUT2D eigenvalue weighted by Gasteiger charge is -2.12. The van der Waals surface area contributed by atoms with Gasteiger partial charge in [-0.15, -0.1) is 5.10 Å². The van der Waals surface area contributed by atoms with Crippen LogP contribution in [0.5, 0.6) is 0 Å². The van der Waals surface area contributed by atoms with Gasteiger partial charge >= 0.3 is 11.9 Å². The fourth-order valence-corrected chi connectivity index (χ4v) is 2.27. The number of carboxylic acid groups (broad SMARTS) is 1. The lowest BCUT2D eigenvalue weighted by molar-refractivity contribution is -0.152. The molecule has 0 bridgehead atoms. The van der Waals surface area contributed by atoms with E-state index in [1.165, 1.54) is 12.1 Å². The molecule has 0 amide bonds. The molecule has 0 fully saturated rings. The second-order valence-electron chi connectivity index (χ2n) is 5.21. The minimum atomic E-state index is -1.37. The Kier molecular flexibility index (Phi) is 3.80. The van der Waals surface area contributed by atoms with E-state index in [4.69, 9.17) is 9.47 Å². The van der Waals surface area contributed by atoms with Gasteiger partial charge in [0.1, 0.15) is 6.26 Å². The van der Waals surface area contributed by atoms with Crippen LogP contribution >= 0.6 is 0 Å². The second-order valence-corrected chi connectivity index (χ2v) is 5.21. The number of aliphatic carboxylic acids is 1. The molecule has 1 aromatic carbocycles. The van der Waals surface area contributed by atoms with Gasteiger partial charge in [-0.25, -0.2) is 14.3 Å². The standard InChI is InChI=1S/C16H13FN2O5/c1-8-9(2)16(24-15(8)22)23-7-12(14(20)21)19-11-6-4-3-5-10(11)13(17)18-19/h3-7,16H,1-2H3,(H,20,21)/b12-7-. The number of carboxylic acids is 1. The van der Waals surface area contributed by atoms with E-state index in [2.05, 4.69) is 5.10 Å². The van der Waals surface area contributed by atoms with Crippen LogP contribution in [0.1, 0.15) is 13.8 Å². The van der Waals surface area contributed by atoms with Crippen molar-refractivity contribution in [3.63, 3.8) is 0 Å². The topological polar surface area (TPSA) is 90.7 Å². The molecule has 0 aliphatic carbocycles. The number of hydrogen-bond acceptors (Lipinski definition) is 5. The molecule has 1 atom stereocenters. The van der Waals surface area contributed by atoms with Crippen LogP contribution in [0.2, 0.25) is 0 Å². The van der Waals surface area contributed by atoms with Crippen LogP contribution in [0, 0.1) is 5.95 Å². The third-order valence-corrected chi connectivity index (χ3v) is 3.76. The van der Waals surface area contributed by atoms with Gasteiger partial charge in [0.05, 0.1) is 10.9 Å². The first kappa shape index (κ1) is 15.7. The van der Waals surface area contributed by atoms with Gasteiger partial charge in [-0.3, -0.25) is 0 Å². The number of aromatic nitrogens is 2. The number of carbonyl (C=O) groups is 2. The normalized spacial score (nSPS) is 18.2. The van der Waals surface area contributed by atoms with Gasteiger partial charge in [0, 0.05) is 11.1 Å². The molecule has 1 aliphatic rings. The van der Waals surface area contributed by atoms with Crippen molar-refractivity contribution in [3.05, 3.63) is 47.6 Å². The Morgan fingerprint density at radius 3 is 2.75 bits per heavy atom. The summed E-state index contributed by atoms with van der Waals surface area (Å²) >= 11 is 0. The molecular weight excluding hydrogens is 319 g/mol. The lowest BCUT2D eigenvalue weighted by atomic mass is 10.2. The van der Waals surface area contributed by atoms with Crippen LogP contribution < -0.4 is 0 Å². The first-order valence-corrected chi connectivity index (χ1v) is 7.01. The molecule has 0 saturated carbocycles. The number of halogens is 1. The van der Waals surface area contributed by atoms with Crippen LogP contribution in [0.3, 0.4) is 0 Å². The maximum Gasteiger partial charge on any atom is 0.357 e. The van der Waals surface area contributed by atoms with Gasteiger partial charge in [0.25, 0.3) is 6.29 Å². The Labute approximate surface area is 135 Å². The second kappa shape index (κ2) is 5.80. The summed E-state index contributed by atoms with van der Waals surface area (Å²) < 4.78 is 25.0. The van der Waals surface area contributed by atoms with Crippen molar-refractivity contribution in [1.29, 1.82) is 0 Å². The van der Waals surface area contributed by atoms with E-state index in [1.54, 1.807) is 26.0 Å². The van der Waals surface area contributed by atoms with Gasteiger partial charge in [0.2, 0.25) is 5.95 Å². The number of rotatable bonds is 4. The van der Waals surface area contributed by atoms with Crippen molar-refractivity contribution in [1.82, 2.24) is 9.78 Å². The number of hydrogen-bond donors (Lipinski definition) is 1. The quantitative estimate of drug-likeness (QED) is 0.525. The number of nitrogens with zero attached hydrogens (tertiary/aromatic N) is 2. The van der Waals surface area contributed by atoms with E-state index in [0.29, 0.717) is 11.1 Å². The summed E-state index contributed by atoms with van der Waals surface area (Å²) in [6.07, 6.45) is -0.125. The van der Waals surface area contributed by atoms with Crippen molar-refractivity contribution < 1.29 is 28.6 Å². The number of fused-ring (bicyclic) bond motifs is 1. The third kappa shape index (κ3) is 2.51. The average Bonchev–Trinajstić information content (AvgIpc) is 3.01. The molecule has 24 heavy (non-hydrogen) atoms. The average molecular weight is 332 g/mol. The molecular formula is C16H13FN2O5. The number of carbonyl (C=O) groups excluding carboxylic acids is 1. The molecule has 1 aliphatic heterocycles. The van der Waals surface area contributed by atoms with Gasteiger partial charge < -0.3 is 14.6 Å². The van der Waals surface area contributed by atoms with E-state index >= 15 is 0 Å². The molecule has 1 N–H and O–H groups in total. The Balaban J connectivity index is 1.99. The van der Waals surface area contributed by atoms with Crippen LogP contribution in [-0.2, 0) is 19.1 Å². The van der Waals surface area contributed by atoms with E-state index < -0.39 is 29.9 Å². The van der Waals surface area contributed by atoms with Crippen molar-refractivity contribution in [3.8, 4) is 0 Å². The zero-order chi connectivity index (χ0) is 17.4. The smallest absolute Gasteiger partial charge is 0.357 e. The predicted octanol–water partition coefficient (Wildman–Crippen LogP) is 2.29. The van der Waals surface area contributed by atoms with E-state index in [-0.39, 0.29) is 10.9 Å². The third-order valence-electron chi connectivity index (χ3n) is 3.76. The summed E-state index contributed by atoms with van der Waals surface area (Å²) in [6.45, 7) is 3.22. The summed E-state index contributed by atoms with van der Waals surface area (Å²) in [5.41, 5.74) is 0.806. The molecule has 1 unspecified atom stereocenters. The van der Waals surface area contributed by atoms with Gasteiger partial charge in [0.15, 0.2) is 5.70 Å². The van der Waals surface area contributed by atoms with E-state index in [1.807, 2.05) is 0 Å². The summed E-state index contributed by atoms with van der Waals surface area (Å²) in [5.74, 6) is -2.69.